The van der Waals surface area contributed by atoms with E-state index in [9.17, 15) is 9.59 Å². The van der Waals surface area contributed by atoms with E-state index in [-0.39, 0.29) is 12.6 Å². The fourth-order valence-corrected chi connectivity index (χ4v) is 3.64. The summed E-state index contributed by atoms with van der Waals surface area (Å²) in [5.41, 5.74) is 0.723. The van der Waals surface area contributed by atoms with Gasteiger partial charge in [0.15, 0.2) is 6.61 Å². The van der Waals surface area contributed by atoms with Crippen molar-refractivity contribution in [2.45, 2.75) is 25.7 Å². The van der Waals surface area contributed by atoms with Crippen molar-refractivity contribution in [2.75, 3.05) is 32.1 Å². The lowest BCUT2D eigenvalue weighted by atomic mass is 9.78. The standard InChI is InChI=1S/C18H24N2O4/c1-23-17(21)12-24-16-7-5-15(6-8-16)19-18(22)20-10-13-3-2-4-14(9-13)11-20/h5-8,13-14H,2-4,9-12H2,1H3,(H,19,22). The molecular weight excluding hydrogens is 308 g/mol. The summed E-state index contributed by atoms with van der Waals surface area (Å²) in [6, 6.07) is 6.97. The van der Waals surface area contributed by atoms with E-state index in [1.54, 1.807) is 24.3 Å². The molecule has 6 nitrogen and oxygen atoms in total. The minimum Gasteiger partial charge on any atom is -0.482 e. The molecule has 1 aliphatic carbocycles. The predicted octanol–water partition coefficient (Wildman–Crippen LogP) is 2.89. The number of hydrogen-bond acceptors (Lipinski definition) is 4. The Hall–Kier alpha value is -2.24. The van der Waals surface area contributed by atoms with Gasteiger partial charge in [-0.3, -0.25) is 0 Å². The van der Waals surface area contributed by atoms with Crippen LogP contribution in [-0.2, 0) is 9.53 Å². The number of anilines is 1. The Balaban J connectivity index is 1.52. The number of hydrogen-bond donors (Lipinski definition) is 1. The van der Waals surface area contributed by atoms with Crippen molar-refractivity contribution < 1.29 is 19.1 Å². The number of piperidine rings is 1. The third-order valence-electron chi connectivity index (χ3n) is 4.83. The van der Waals surface area contributed by atoms with Gasteiger partial charge >= 0.3 is 12.0 Å². The van der Waals surface area contributed by atoms with E-state index in [0.717, 1.165) is 18.8 Å². The molecule has 2 bridgehead atoms. The van der Waals surface area contributed by atoms with E-state index >= 15 is 0 Å². The second-order valence-electron chi connectivity index (χ2n) is 6.62. The number of fused-ring (bicyclic) bond motifs is 2. The van der Waals surface area contributed by atoms with Crippen LogP contribution in [0.5, 0.6) is 5.75 Å². The Bertz CT molecular complexity index is 575. The number of carbonyl (C=O) groups excluding carboxylic acids is 2. The number of carbonyl (C=O) groups is 2. The van der Waals surface area contributed by atoms with Gasteiger partial charge < -0.3 is 19.7 Å². The predicted molar refractivity (Wildman–Crippen MR) is 90.0 cm³/mol. The molecule has 0 radical (unpaired) electrons. The molecule has 0 aromatic heterocycles. The van der Waals surface area contributed by atoms with E-state index in [1.807, 2.05) is 4.90 Å². The zero-order valence-corrected chi connectivity index (χ0v) is 14.0. The molecule has 6 heteroatoms. The van der Waals surface area contributed by atoms with Crippen molar-refractivity contribution in [2.24, 2.45) is 11.8 Å². The van der Waals surface area contributed by atoms with Gasteiger partial charge in [-0.1, -0.05) is 6.42 Å². The highest BCUT2D eigenvalue weighted by atomic mass is 16.6. The highest BCUT2D eigenvalue weighted by Gasteiger charge is 2.32. The smallest absolute Gasteiger partial charge is 0.343 e. The molecule has 130 valence electrons. The van der Waals surface area contributed by atoms with E-state index in [0.29, 0.717) is 17.6 Å². The third kappa shape index (κ3) is 4.19. The molecule has 1 aliphatic heterocycles. The summed E-state index contributed by atoms with van der Waals surface area (Å²) in [5, 5.41) is 2.94. The molecule has 1 heterocycles. The second kappa shape index (κ2) is 7.55. The first-order chi connectivity index (χ1) is 11.6. The van der Waals surface area contributed by atoms with Crippen LogP contribution in [0.4, 0.5) is 10.5 Å². The number of urea groups is 1. The molecular formula is C18H24N2O4. The number of rotatable bonds is 4. The number of methoxy groups -OCH3 is 1. The van der Waals surface area contributed by atoms with E-state index < -0.39 is 5.97 Å². The molecule has 24 heavy (non-hydrogen) atoms. The first-order valence-corrected chi connectivity index (χ1v) is 8.49. The van der Waals surface area contributed by atoms with Gasteiger partial charge in [-0.15, -0.1) is 0 Å². The monoisotopic (exact) mass is 332 g/mol. The molecule has 1 aromatic rings. The van der Waals surface area contributed by atoms with Gasteiger partial charge in [0, 0.05) is 18.8 Å². The molecule has 1 saturated heterocycles. The number of benzene rings is 1. The van der Waals surface area contributed by atoms with Gasteiger partial charge in [-0.25, -0.2) is 9.59 Å². The fraction of sp³-hybridized carbons (Fsp3) is 0.556. The van der Waals surface area contributed by atoms with Crippen LogP contribution >= 0.6 is 0 Å². The minimum atomic E-state index is -0.428. The van der Waals surface area contributed by atoms with Crippen molar-refractivity contribution in [3.8, 4) is 5.75 Å². The van der Waals surface area contributed by atoms with Gasteiger partial charge in [0.1, 0.15) is 5.75 Å². The Labute approximate surface area is 142 Å². The maximum Gasteiger partial charge on any atom is 0.343 e. The number of likely N-dealkylation sites (tertiary alicyclic amines) is 1. The minimum absolute atomic E-state index is 0.0326. The van der Waals surface area contributed by atoms with Crippen LogP contribution in [0.2, 0.25) is 0 Å². The normalized spacial score (nSPS) is 22.6. The van der Waals surface area contributed by atoms with Crippen LogP contribution in [0.1, 0.15) is 25.7 Å². The van der Waals surface area contributed by atoms with Gasteiger partial charge in [0.25, 0.3) is 0 Å². The Kier molecular flexibility index (Phi) is 5.23. The quantitative estimate of drug-likeness (QED) is 0.861. The van der Waals surface area contributed by atoms with Crippen LogP contribution in [0, 0.1) is 11.8 Å². The van der Waals surface area contributed by atoms with Gasteiger partial charge in [0.05, 0.1) is 7.11 Å². The lowest BCUT2D eigenvalue weighted by molar-refractivity contribution is -0.142. The Morgan fingerprint density at radius 2 is 1.83 bits per heavy atom. The largest absolute Gasteiger partial charge is 0.482 e. The summed E-state index contributed by atoms with van der Waals surface area (Å²) in [4.78, 5) is 25.4. The average Bonchev–Trinajstić information content (AvgIpc) is 2.60. The Morgan fingerprint density at radius 1 is 1.17 bits per heavy atom. The highest BCUT2D eigenvalue weighted by molar-refractivity contribution is 5.89. The van der Waals surface area contributed by atoms with Crippen LogP contribution in [0.25, 0.3) is 0 Å². The summed E-state index contributed by atoms with van der Waals surface area (Å²) in [6.07, 6.45) is 5.06. The first kappa shape index (κ1) is 16.6. The lowest BCUT2D eigenvalue weighted by Gasteiger charge is -2.41. The van der Waals surface area contributed by atoms with Crippen LogP contribution in [-0.4, -0.2) is 43.7 Å². The van der Waals surface area contributed by atoms with Crippen molar-refractivity contribution in [1.82, 2.24) is 4.90 Å². The summed E-state index contributed by atoms with van der Waals surface area (Å²) in [6.45, 7) is 1.60. The molecule has 2 fully saturated rings. The van der Waals surface area contributed by atoms with E-state index in [2.05, 4.69) is 10.1 Å². The topological polar surface area (TPSA) is 67.9 Å². The summed E-state index contributed by atoms with van der Waals surface area (Å²) in [5.74, 6) is 1.46. The van der Waals surface area contributed by atoms with E-state index in [4.69, 9.17) is 4.74 Å². The number of amides is 2. The second-order valence-corrected chi connectivity index (χ2v) is 6.62. The van der Waals surface area contributed by atoms with Crippen molar-refractivity contribution in [1.29, 1.82) is 0 Å². The molecule has 1 aromatic carbocycles. The van der Waals surface area contributed by atoms with Crippen LogP contribution in [0.15, 0.2) is 24.3 Å². The zero-order valence-electron chi connectivity index (χ0n) is 14.0. The van der Waals surface area contributed by atoms with Crippen molar-refractivity contribution in [3.05, 3.63) is 24.3 Å². The molecule has 0 spiro atoms. The Morgan fingerprint density at radius 3 is 2.46 bits per heavy atom. The van der Waals surface area contributed by atoms with Gasteiger partial charge in [-0.05, 0) is 55.4 Å². The molecule has 2 atom stereocenters. The third-order valence-corrected chi connectivity index (χ3v) is 4.83. The summed E-state index contributed by atoms with van der Waals surface area (Å²) >= 11 is 0. The SMILES string of the molecule is COC(=O)COc1ccc(NC(=O)N2CC3CCCC(C3)C2)cc1. The van der Waals surface area contributed by atoms with Crippen LogP contribution < -0.4 is 10.1 Å². The molecule has 2 aliphatic rings. The summed E-state index contributed by atoms with van der Waals surface area (Å²) < 4.78 is 9.81. The van der Waals surface area contributed by atoms with Gasteiger partial charge in [0.2, 0.25) is 0 Å². The molecule has 1 N–H and O–H groups in total. The maximum atomic E-state index is 12.5. The highest BCUT2D eigenvalue weighted by Crippen LogP contribution is 2.34. The summed E-state index contributed by atoms with van der Waals surface area (Å²) in [7, 11) is 1.32. The molecule has 1 saturated carbocycles. The zero-order chi connectivity index (χ0) is 16.9. The maximum absolute atomic E-state index is 12.5. The van der Waals surface area contributed by atoms with Gasteiger partial charge in [-0.2, -0.15) is 0 Å². The van der Waals surface area contributed by atoms with E-state index in [1.165, 1.54) is 32.8 Å². The fourth-order valence-electron chi connectivity index (χ4n) is 3.64. The lowest BCUT2D eigenvalue weighted by Crippen LogP contribution is -2.47. The van der Waals surface area contributed by atoms with Crippen molar-refractivity contribution in [3.63, 3.8) is 0 Å². The molecule has 2 amide bonds. The number of esters is 1. The number of nitrogens with one attached hydrogen (secondary N) is 1. The van der Waals surface area contributed by atoms with Crippen LogP contribution in [0.3, 0.4) is 0 Å². The number of nitrogens with zero attached hydrogens (tertiary/aromatic N) is 1. The average molecular weight is 332 g/mol. The molecule has 2 unspecified atom stereocenters. The number of ether oxygens (including phenoxy) is 2. The first-order valence-electron chi connectivity index (χ1n) is 8.49. The van der Waals surface area contributed by atoms with Crippen molar-refractivity contribution >= 4 is 17.7 Å². The molecule has 3 rings (SSSR count).